The van der Waals surface area contributed by atoms with Crippen molar-refractivity contribution in [3.05, 3.63) is 63.9 Å². The molecule has 0 aliphatic carbocycles. The summed E-state index contributed by atoms with van der Waals surface area (Å²) >= 11 is 3.48. The first-order valence-electron chi connectivity index (χ1n) is 8.89. The van der Waals surface area contributed by atoms with Gasteiger partial charge in [-0.2, -0.15) is 0 Å². The van der Waals surface area contributed by atoms with Gasteiger partial charge >= 0.3 is 0 Å². The van der Waals surface area contributed by atoms with Gasteiger partial charge in [-0.15, -0.1) is 0 Å². The normalized spacial score (nSPS) is 13.7. The van der Waals surface area contributed by atoms with Crippen LogP contribution in [0.4, 0.5) is 0 Å². The highest BCUT2D eigenvalue weighted by molar-refractivity contribution is 9.10. The van der Waals surface area contributed by atoms with Crippen LogP contribution in [0.25, 0.3) is 11.0 Å². The minimum Gasteiger partial charge on any atom is -0.348 e. The highest BCUT2D eigenvalue weighted by Crippen LogP contribution is 2.22. The van der Waals surface area contributed by atoms with E-state index in [1.54, 1.807) is 17.0 Å². The molecule has 0 unspecified atom stereocenters. The van der Waals surface area contributed by atoms with E-state index in [4.69, 9.17) is 0 Å². The van der Waals surface area contributed by atoms with Crippen molar-refractivity contribution >= 4 is 38.8 Å². The van der Waals surface area contributed by atoms with E-state index >= 15 is 0 Å². The second kappa shape index (κ2) is 7.15. The van der Waals surface area contributed by atoms with Gasteiger partial charge in [-0.3, -0.25) is 9.59 Å². The van der Waals surface area contributed by atoms with Crippen molar-refractivity contribution in [2.24, 2.45) is 0 Å². The molecule has 3 aromatic rings. The number of nitrogens with zero attached hydrogens (tertiary/aromatic N) is 3. The Kier molecular flexibility index (Phi) is 4.70. The lowest BCUT2D eigenvalue weighted by molar-refractivity contribution is 0.0709. The number of halogens is 1. The van der Waals surface area contributed by atoms with Crippen molar-refractivity contribution in [1.29, 1.82) is 0 Å². The SMILES string of the molecule is CCN1CCn2c(nc3cc(C(=O)NCc4ccccc4Br)ccc32)C1=O. The molecule has 4 rings (SSSR count). The van der Waals surface area contributed by atoms with Crippen LogP contribution in [0.3, 0.4) is 0 Å². The molecule has 1 N–H and O–H groups in total. The maximum absolute atomic E-state index is 12.5. The summed E-state index contributed by atoms with van der Waals surface area (Å²) in [7, 11) is 0. The number of carbonyl (C=O) groups excluding carboxylic acids is 2. The van der Waals surface area contributed by atoms with E-state index < -0.39 is 0 Å². The molecule has 2 aromatic carbocycles. The van der Waals surface area contributed by atoms with Gasteiger partial charge in [0.25, 0.3) is 11.8 Å². The Labute approximate surface area is 165 Å². The summed E-state index contributed by atoms with van der Waals surface area (Å²) in [5, 5.41) is 2.93. The van der Waals surface area contributed by atoms with E-state index in [9.17, 15) is 9.59 Å². The molecule has 0 radical (unpaired) electrons. The van der Waals surface area contributed by atoms with E-state index in [1.807, 2.05) is 41.8 Å². The largest absolute Gasteiger partial charge is 0.348 e. The minimum atomic E-state index is -0.167. The fourth-order valence-electron chi connectivity index (χ4n) is 3.35. The molecule has 0 saturated carbocycles. The maximum Gasteiger partial charge on any atom is 0.289 e. The molecule has 6 nitrogen and oxygen atoms in total. The van der Waals surface area contributed by atoms with Crippen LogP contribution in [0.2, 0.25) is 0 Å². The zero-order valence-corrected chi connectivity index (χ0v) is 16.5. The van der Waals surface area contributed by atoms with Crippen molar-refractivity contribution in [3.8, 4) is 0 Å². The Morgan fingerprint density at radius 2 is 2.04 bits per heavy atom. The number of hydrogen-bond donors (Lipinski definition) is 1. The lowest BCUT2D eigenvalue weighted by Gasteiger charge is -2.26. The number of imidazole rings is 1. The third kappa shape index (κ3) is 3.23. The Bertz CT molecular complexity index is 1040. The molecule has 1 aromatic heterocycles. The number of rotatable bonds is 4. The number of carbonyl (C=O) groups is 2. The Morgan fingerprint density at radius 1 is 1.22 bits per heavy atom. The Balaban J connectivity index is 1.58. The lowest BCUT2D eigenvalue weighted by Crippen LogP contribution is -2.40. The first kappa shape index (κ1) is 17.7. The van der Waals surface area contributed by atoms with Crippen LogP contribution in [0.5, 0.6) is 0 Å². The summed E-state index contributed by atoms with van der Waals surface area (Å²) in [6, 6.07) is 13.2. The van der Waals surface area contributed by atoms with Crippen molar-refractivity contribution in [3.63, 3.8) is 0 Å². The van der Waals surface area contributed by atoms with Gasteiger partial charge < -0.3 is 14.8 Å². The Hall–Kier alpha value is -2.67. The fourth-order valence-corrected chi connectivity index (χ4v) is 3.77. The van der Waals surface area contributed by atoms with Gasteiger partial charge in [0, 0.05) is 36.2 Å². The third-order valence-electron chi connectivity index (χ3n) is 4.86. The first-order chi connectivity index (χ1) is 13.1. The maximum atomic E-state index is 12.5. The summed E-state index contributed by atoms with van der Waals surface area (Å²) in [5.41, 5.74) is 3.10. The number of benzene rings is 2. The molecule has 0 atom stereocenters. The van der Waals surface area contributed by atoms with Gasteiger partial charge in [0.05, 0.1) is 11.0 Å². The number of hydrogen-bond acceptors (Lipinski definition) is 3. The van der Waals surface area contributed by atoms with Gasteiger partial charge in [0.15, 0.2) is 5.82 Å². The van der Waals surface area contributed by atoms with E-state index in [0.29, 0.717) is 36.5 Å². The second-order valence-corrected chi connectivity index (χ2v) is 7.30. The van der Waals surface area contributed by atoms with E-state index in [0.717, 1.165) is 22.1 Å². The van der Waals surface area contributed by atoms with E-state index in [1.165, 1.54) is 0 Å². The van der Waals surface area contributed by atoms with Crippen LogP contribution < -0.4 is 5.32 Å². The van der Waals surface area contributed by atoms with Gasteiger partial charge in [0.2, 0.25) is 0 Å². The monoisotopic (exact) mass is 426 g/mol. The summed E-state index contributed by atoms with van der Waals surface area (Å²) in [6.45, 7) is 4.47. The molecule has 2 heterocycles. The summed E-state index contributed by atoms with van der Waals surface area (Å²) in [4.78, 5) is 31.3. The average Bonchev–Trinajstić information content (AvgIpc) is 3.06. The van der Waals surface area contributed by atoms with Crippen LogP contribution in [0.1, 0.15) is 33.5 Å². The molecule has 0 saturated heterocycles. The summed E-state index contributed by atoms with van der Waals surface area (Å²) in [6.07, 6.45) is 0. The number of aromatic nitrogens is 2. The smallest absolute Gasteiger partial charge is 0.289 e. The van der Waals surface area contributed by atoms with Gasteiger partial charge in [-0.25, -0.2) is 4.98 Å². The zero-order chi connectivity index (χ0) is 19.0. The van der Waals surface area contributed by atoms with E-state index in [-0.39, 0.29) is 11.8 Å². The van der Waals surface area contributed by atoms with Crippen molar-refractivity contribution in [2.75, 3.05) is 13.1 Å². The van der Waals surface area contributed by atoms with Crippen LogP contribution in [0, 0.1) is 0 Å². The predicted octanol–water partition coefficient (Wildman–Crippen LogP) is 3.20. The second-order valence-electron chi connectivity index (χ2n) is 6.45. The number of fused-ring (bicyclic) bond motifs is 3. The quantitative estimate of drug-likeness (QED) is 0.696. The zero-order valence-electron chi connectivity index (χ0n) is 14.9. The van der Waals surface area contributed by atoms with Crippen LogP contribution in [-0.4, -0.2) is 39.4 Å². The molecule has 0 bridgehead atoms. The molecule has 1 aliphatic rings. The molecule has 27 heavy (non-hydrogen) atoms. The molecule has 2 amide bonds. The van der Waals surface area contributed by atoms with Crippen LogP contribution in [0.15, 0.2) is 46.9 Å². The Morgan fingerprint density at radius 3 is 2.81 bits per heavy atom. The molecule has 0 fully saturated rings. The summed E-state index contributed by atoms with van der Waals surface area (Å²) < 4.78 is 2.90. The molecular formula is C20H19BrN4O2. The highest BCUT2D eigenvalue weighted by atomic mass is 79.9. The van der Waals surface area contributed by atoms with Gasteiger partial charge in [0.1, 0.15) is 0 Å². The van der Waals surface area contributed by atoms with Crippen LogP contribution in [-0.2, 0) is 13.1 Å². The number of likely N-dealkylation sites (N-methyl/N-ethyl adjacent to an activating group) is 1. The van der Waals surface area contributed by atoms with Crippen molar-refractivity contribution in [2.45, 2.75) is 20.0 Å². The van der Waals surface area contributed by atoms with Gasteiger partial charge in [-0.05, 0) is 36.8 Å². The summed E-state index contributed by atoms with van der Waals surface area (Å²) in [5.74, 6) is 0.226. The molecule has 7 heteroatoms. The fraction of sp³-hybridized carbons (Fsp3) is 0.250. The minimum absolute atomic E-state index is 0.0557. The number of amides is 2. The van der Waals surface area contributed by atoms with Crippen molar-refractivity contribution in [1.82, 2.24) is 19.8 Å². The molecular weight excluding hydrogens is 408 g/mol. The van der Waals surface area contributed by atoms with E-state index in [2.05, 4.69) is 26.2 Å². The topological polar surface area (TPSA) is 67.2 Å². The number of nitrogens with one attached hydrogen (secondary N) is 1. The average molecular weight is 427 g/mol. The highest BCUT2D eigenvalue weighted by Gasteiger charge is 2.27. The molecule has 1 aliphatic heterocycles. The van der Waals surface area contributed by atoms with Gasteiger partial charge in [-0.1, -0.05) is 34.1 Å². The molecule has 138 valence electrons. The predicted molar refractivity (Wildman–Crippen MR) is 107 cm³/mol. The van der Waals surface area contributed by atoms with Crippen molar-refractivity contribution < 1.29 is 9.59 Å². The third-order valence-corrected chi connectivity index (χ3v) is 5.64. The van der Waals surface area contributed by atoms with Crippen LogP contribution >= 0.6 is 15.9 Å². The first-order valence-corrected chi connectivity index (χ1v) is 9.69. The lowest BCUT2D eigenvalue weighted by atomic mass is 10.1. The standard InChI is InChI=1S/C20H19BrN4O2/c1-2-24-9-10-25-17-8-7-13(11-16(17)23-18(25)20(24)27)19(26)22-12-14-5-3-4-6-15(14)21/h3-8,11H,2,9-10,12H2,1H3,(H,22,26). The molecule has 0 spiro atoms.